The highest BCUT2D eigenvalue weighted by Gasteiger charge is 2.31. The van der Waals surface area contributed by atoms with E-state index in [1.165, 1.54) is 0 Å². The molecule has 2 atom stereocenters. The molecule has 0 aliphatic rings. The Morgan fingerprint density at radius 3 is 2.06 bits per heavy atom. The number of aliphatic carboxylic acids is 1. The van der Waals surface area contributed by atoms with Gasteiger partial charge in [0.05, 0.1) is 12.5 Å². The van der Waals surface area contributed by atoms with Crippen LogP contribution in [0.4, 0.5) is 0 Å². The average Bonchev–Trinajstić information content (AvgIpc) is 2.13. The molecular formula is C10H19N3O4. The van der Waals surface area contributed by atoms with Gasteiger partial charge in [0.25, 0.3) is 0 Å². The Balaban J connectivity index is 4.62. The van der Waals surface area contributed by atoms with E-state index in [1.807, 2.05) is 0 Å². The minimum Gasteiger partial charge on any atom is -0.480 e. The van der Waals surface area contributed by atoms with Gasteiger partial charge >= 0.3 is 5.97 Å². The maximum atomic E-state index is 11.6. The number of hydrogen-bond acceptors (Lipinski definition) is 4. The van der Waals surface area contributed by atoms with Crippen molar-refractivity contribution in [3.8, 4) is 0 Å². The Morgan fingerprint density at radius 2 is 1.76 bits per heavy atom. The van der Waals surface area contributed by atoms with Crippen molar-refractivity contribution in [3.05, 3.63) is 0 Å². The molecule has 0 heterocycles. The molecular weight excluding hydrogens is 226 g/mol. The van der Waals surface area contributed by atoms with E-state index < -0.39 is 41.7 Å². The lowest BCUT2D eigenvalue weighted by atomic mass is 9.87. The predicted octanol–water partition coefficient (Wildman–Crippen LogP) is -1.20. The summed E-state index contributed by atoms with van der Waals surface area (Å²) in [6, 6.07) is -2.20. The Labute approximate surface area is 99.5 Å². The van der Waals surface area contributed by atoms with Crippen LogP contribution in [0, 0.1) is 5.41 Å². The quantitative estimate of drug-likeness (QED) is 0.482. The van der Waals surface area contributed by atoms with Gasteiger partial charge in [0.15, 0.2) is 0 Å². The second-order valence-electron chi connectivity index (χ2n) is 4.91. The molecule has 0 fully saturated rings. The first-order valence-corrected chi connectivity index (χ1v) is 5.12. The maximum absolute atomic E-state index is 11.6. The van der Waals surface area contributed by atoms with Gasteiger partial charge in [-0.1, -0.05) is 20.8 Å². The summed E-state index contributed by atoms with van der Waals surface area (Å²) in [5.74, 6) is -2.74. The fourth-order valence-corrected chi connectivity index (χ4v) is 1.06. The zero-order chi connectivity index (χ0) is 13.8. The summed E-state index contributed by atoms with van der Waals surface area (Å²) in [6.45, 7) is 5.25. The van der Waals surface area contributed by atoms with E-state index >= 15 is 0 Å². The van der Waals surface area contributed by atoms with Crippen molar-refractivity contribution in [2.24, 2.45) is 16.9 Å². The number of amides is 2. The predicted molar refractivity (Wildman–Crippen MR) is 60.8 cm³/mol. The van der Waals surface area contributed by atoms with E-state index in [4.69, 9.17) is 16.6 Å². The van der Waals surface area contributed by atoms with Gasteiger partial charge in [0.1, 0.15) is 6.04 Å². The van der Waals surface area contributed by atoms with Crippen molar-refractivity contribution in [1.82, 2.24) is 5.32 Å². The lowest BCUT2D eigenvalue weighted by molar-refractivity contribution is -0.143. The minimum atomic E-state index is -1.34. The van der Waals surface area contributed by atoms with Gasteiger partial charge in [-0.25, -0.2) is 4.79 Å². The molecule has 0 saturated heterocycles. The Kier molecular flexibility index (Phi) is 5.09. The van der Waals surface area contributed by atoms with Crippen molar-refractivity contribution < 1.29 is 19.5 Å². The molecule has 0 aromatic rings. The molecule has 0 saturated carbocycles. The van der Waals surface area contributed by atoms with Gasteiger partial charge in [0.2, 0.25) is 11.8 Å². The largest absolute Gasteiger partial charge is 0.480 e. The number of hydrogen-bond donors (Lipinski definition) is 4. The number of carbonyl (C=O) groups excluding carboxylic acids is 2. The zero-order valence-electron chi connectivity index (χ0n) is 10.2. The van der Waals surface area contributed by atoms with E-state index in [2.05, 4.69) is 5.32 Å². The second kappa shape index (κ2) is 5.62. The van der Waals surface area contributed by atoms with Crippen LogP contribution in [0.25, 0.3) is 0 Å². The van der Waals surface area contributed by atoms with Crippen LogP contribution in [0.2, 0.25) is 0 Å². The van der Waals surface area contributed by atoms with Crippen molar-refractivity contribution in [2.75, 3.05) is 0 Å². The number of carboxylic acids is 1. The van der Waals surface area contributed by atoms with Gasteiger partial charge in [0, 0.05) is 0 Å². The third-order valence-electron chi connectivity index (χ3n) is 2.24. The summed E-state index contributed by atoms with van der Waals surface area (Å²) in [7, 11) is 0. The standard InChI is InChI=1S/C10H19N3O4/c1-10(2,3)7(12)8(15)13-5(9(16)17)4-6(11)14/h5,7H,4,12H2,1-3H3,(H2,11,14)(H,13,15)(H,16,17)/t5-,7+/m1/s1. The molecule has 0 bridgehead atoms. The molecule has 0 unspecified atom stereocenters. The third kappa shape index (κ3) is 5.30. The summed E-state index contributed by atoms with van der Waals surface area (Å²) < 4.78 is 0. The molecule has 6 N–H and O–H groups in total. The summed E-state index contributed by atoms with van der Waals surface area (Å²) in [6.07, 6.45) is -0.460. The molecule has 0 aromatic heterocycles. The maximum Gasteiger partial charge on any atom is 0.326 e. The molecule has 0 spiro atoms. The summed E-state index contributed by atoms with van der Waals surface area (Å²) >= 11 is 0. The lowest BCUT2D eigenvalue weighted by Crippen LogP contribution is -2.53. The monoisotopic (exact) mass is 245 g/mol. The SMILES string of the molecule is CC(C)(C)[C@@H](N)C(=O)N[C@H](CC(N)=O)C(=O)O. The van der Waals surface area contributed by atoms with Crippen molar-refractivity contribution in [3.63, 3.8) is 0 Å². The fraction of sp³-hybridized carbons (Fsp3) is 0.700. The highest BCUT2D eigenvalue weighted by molar-refractivity contribution is 5.90. The fourth-order valence-electron chi connectivity index (χ4n) is 1.06. The number of rotatable bonds is 5. The molecule has 2 amide bonds. The Bertz CT molecular complexity index is 322. The van der Waals surface area contributed by atoms with Gasteiger partial charge in [-0.2, -0.15) is 0 Å². The minimum absolute atomic E-state index is 0.460. The number of carbonyl (C=O) groups is 3. The summed E-state index contributed by atoms with van der Waals surface area (Å²) in [5, 5.41) is 11.0. The highest BCUT2D eigenvalue weighted by atomic mass is 16.4. The summed E-state index contributed by atoms with van der Waals surface area (Å²) in [4.78, 5) is 33.1. The van der Waals surface area contributed by atoms with Crippen LogP contribution in [0.5, 0.6) is 0 Å². The molecule has 17 heavy (non-hydrogen) atoms. The van der Waals surface area contributed by atoms with Crippen LogP contribution in [0.3, 0.4) is 0 Å². The molecule has 0 aromatic carbocycles. The first-order chi connectivity index (χ1) is 7.55. The van der Waals surface area contributed by atoms with Crippen LogP contribution in [-0.2, 0) is 14.4 Å². The van der Waals surface area contributed by atoms with Crippen LogP contribution >= 0.6 is 0 Å². The van der Waals surface area contributed by atoms with Gasteiger partial charge in [-0.05, 0) is 5.41 Å². The number of nitrogens with one attached hydrogen (secondary N) is 1. The van der Waals surface area contributed by atoms with Gasteiger partial charge < -0.3 is 21.9 Å². The number of carboxylic acid groups (broad SMARTS) is 1. The van der Waals surface area contributed by atoms with E-state index in [9.17, 15) is 14.4 Å². The van der Waals surface area contributed by atoms with Crippen LogP contribution in [0.1, 0.15) is 27.2 Å². The van der Waals surface area contributed by atoms with Crippen LogP contribution in [-0.4, -0.2) is 35.0 Å². The molecule has 7 nitrogen and oxygen atoms in total. The molecule has 98 valence electrons. The topological polar surface area (TPSA) is 136 Å². The van der Waals surface area contributed by atoms with Crippen molar-refractivity contribution >= 4 is 17.8 Å². The lowest BCUT2D eigenvalue weighted by Gasteiger charge is -2.27. The second-order valence-corrected chi connectivity index (χ2v) is 4.91. The third-order valence-corrected chi connectivity index (χ3v) is 2.24. The first-order valence-electron chi connectivity index (χ1n) is 5.12. The van der Waals surface area contributed by atoms with Gasteiger partial charge in [-0.15, -0.1) is 0 Å². The number of primary amides is 1. The molecule has 0 rings (SSSR count). The van der Waals surface area contributed by atoms with E-state index in [1.54, 1.807) is 20.8 Å². The Morgan fingerprint density at radius 1 is 1.29 bits per heavy atom. The zero-order valence-corrected chi connectivity index (χ0v) is 10.2. The van der Waals surface area contributed by atoms with Crippen molar-refractivity contribution in [1.29, 1.82) is 0 Å². The normalized spacial score (nSPS) is 14.8. The van der Waals surface area contributed by atoms with Gasteiger partial charge in [-0.3, -0.25) is 9.59 Å². The summed E-state index contributed by atoms with van der Waals surface area (Å²) in [5.41, 5.74) is 10.0. The van der Waals surface area contributed by atoms with Crippen molar-refractivity contribution in [2.45, 2.75) is 39.3 Å². The average molecular weight is 245 g/mol. The van der Waals surface area contributed by atoms with Crippen LogP contribution in [0.15, 0.2) is 0 Å². The van der Waals surface area contributed by atoms with E-state index in [-0.39, 0.29) is 0 Å². The molecule has 0 aliphatic heterocycles. The van der Waals surface area contributed by atoms with E-state index in [0.29, 0.717) is 0 Å². The van der Waals surface area contributed by atoms with E-state index in [0.717, 1.165) is 0 Å². The smallest absolute Gasteiger partial charge is 0.326 e. The molecule has 7 heteroatoms. The first kappa shape index (κ1) is 15.4. The molecule has 0 radical (unpaired) electrons. The van der Waals surface area contributed by atoms with Crippen LogP contribution < -0.4 is 16.8 Å². The number of nitrogens with two attached hydrogens (primary N) is 2. The Hall–Kier alpha value is -1.63. The highest BCUT2D eigenvalue weighted by Crippen LogP contribution is 2.17. The molecule has 0 aliphatic carbocycles.